The largest absolute Gasteiger partial charge is 0.287 e. The molecule has 0 spiro atoms. The van der Waals surface area contributed by atoms with Gasteiger partial charge < -0.3 is 0 Å². The molecule has 2 aliphatic carbocycles. The molecule has 2 rings (SSSR count). The normalized spacial score (nSPS) is 27.5. The third-order valence-electron chi connectivity index (χ3n) is 4.51. The van der Waals surface area contributed by atoms with Gasteiger partial charge >= 0.3 is 0 Å². The predicted octanol–water partition coefficient (Wildman–Crippen LogP) is 3.74. The van der Waals surface area contributed by atoms with Crippen LogP contribution in [-0.2, 0) is 10.0 Å². The van der Waals surface area contributed by atoms with Gasteiger partial charge in [-0.05, 0) is 44.9 Å². The van der Waals surface area contributed by atoms with Crippen LogP contribution in [0.1, 0.15) is 58.8 Å². The smallest absolute Gasteiger partial charge is 0.237 e. The first-order valence-corrected chi connectivity index (χ1v) is 9.26. The molecule has 0 saturated heterocycles. The molecule has 0 heterocycles. The van der Waals surface area contributed by atoms with Crippen LogP contribution in [-0.4, -0.2) is 13.2 Å². The van der Waals surface area contributed by atoms with Crippen molar-refractivity contribution in [2.45, 2.75) is 63.5 Å². The van der Waals surface area contributed by atoms with Gasteiger partial charge in [-0.1, -0.05) is 38.5 Å². The van der Waals surface area contributed by atoms with Gasteiger partial charge in [-0.25, -0.2) is 8.42 Å². The molecule has 114 valence electrons. The lowest BCUT2D eigenvalue weighted by Crippen LogP contribution is -2.33. The van der Waals surface area contributed by atoms with E-state index < -0.39 is 14.8 Å². The number of hydrogen-bond donors (Lipinski definition) is 1. The molecular formula is C16H27NO2S. The molecular weight excluding hydrogens is 270 g/mol. The quantitative estimate of drug-likeness (QED) is 0.520. The van der Waals surface area contributed by atoms with Gasteiger partial charge in [0.25, 0.3) is 0 Å². The van der Waals surface area contributed by atoms with E-state index >= 15 is 0 Å². The van der Waals surface area contributed by atoms with Gasteiger partial charge in [0.05, 0.1) is 4.75 Å². The summed E-state index contributed by atoms with van der Waals surface area (Å²) in [7, 11) is -3.22. The van der Waals surface area contributed by atoms with Crippen molar-refractivity contribution >= 4 is 10.0 Å². The van der Waals surface area contributed by atoms with E-state index in [1.54, 1.807) is 6.92 Å². The molecule has 3 nitrogen and oxygen atoms in total. The van der Waals surface area contributed by atoms with Crippen molar-refractivity contribution in [3.63, 3.8) is 0 Å². The van der Waals surface area contributed by atoms with E-state index in [9.17, 15) is 8.42 Å². The Balaban J connectivity index is 1.73. The monoisotopic (exact) mass is 297 g/mol. The molecule has 2 saturated carbocycles. The van der Waals surface area contributed by atoms with Gasteiger partial charge in [0, 0.05) is 11.6 Å². The fourth-order valence-corrected chi connectivity index (χ4v) is 3.81. The third kappa shape index (κ3) is 3.66. The molecule has 2 atom stereocenters. The highest BCUT2D eigenvalue weighted by Gasteiger charge is 2.51. The maximum absolute atomic E-state index is 12.1. The van der Waals surface area contributed by atoms with Crippen molar-refractivity contribution in [3.8, 4) is 0 Å². The van der Waals surface area contributed by atoms with Crippen LogP contribution in [0.5, 0.6) is 0 Å². The molecule has 0 amide bonds. The van der Waals surface area contributed by atoms with Crippen molar-refractivity contribution in [3.05, 3.63) is 24.4 Å². The minimum absolute atomic E-state index is 0.301. The minimum Gasteiger partial charge on any atom is -0.287 e. The molecule has 0 radical (unpaired) electrons. The molecule has 2 unspecified atom stereocenters. The fraction of sp³-hybridized carbons (Fsp3) is 0.750. The van der Waals surface area contributed by atoms with Crippen LogP contribution in [0.3, 0.4) is 0 Å². The first-order chi connectivity index (χ1) is 9.39. The van der Waals surface area contributed by atoms with Gasteiger partial charge in [0.1, 0.15) is 0 Å². The fourth-order valence-electron chi connectivity index (χ4n) is 2.43. The molecule has 0 aromatic rings. The molecule has 4 heteroatoms. The molecule has 0 bridgehead atoms. The summed E-state index contributed by atoms with van der Waals surface area (Å²) in [5.74, 6) is 0.786. The summed E-state index contributed by atoms with van der Waals surface area (Å²) in [6.45, 7) is 7.94. The second kappa shape index (κ2) is 5.92. The Labute approximate surface area is 123 Å². The summed E-state index contributed by atoms with van der Waals surface area (Å²) >= 11 is 0. The number of hydrogen-bond acceptors (Lipinski definition) is 2. The highest BCUT2D eigenvalue weighted by molar-refractivity contribution is 7.91. The van der Waals surface area contributed by atoms with E-state index in [0.29, 0.717) is 17.5 Å². The number of allylic oxidation sites excluding steroid dienone is 3. The topological polar surface area (TPSA) is 46.2 Å². The molecule has 0 aromatic carbocycles. The van der Waals surface area contributed by atoms with Crippen LogP contribution >= 0.6 is 0 Å². The second-order valence-corrected chi connectivity index (χ2v) is 8.71. The van der Waals surface area contributed by atoms with Crippen molar-refractivity contribution in [1.29, 1.82) is 0 Å². The molecule has 1 N–H and O–H groups in total. The van der Waals surface area contributed by atoms with Crippen LogP contribution in [0.2, 0.25) is 0 Å². The Morgan fingerprint density at radius 1 is 1.40 bits per heavy atom. The Morgan fingerprint density at radius 2 is 2.10 bits per heavy atom. The SMILES string of the molecule is C=C(NS(=O)(=O)C1(C)CC1)C1CC1/C=C\CCCCC. The summed E-state index contributed by atoms with van der Waals surface area (Å²) in [4.78, 5) is 0. The lowest BCUT2D eigenvalue weighted by molar-refractivity contribution is 0.571. The maximum Gasteiger partial charge on any atom is 0.237 e. The summed E-state index contributed by atoms with van der Waals surface area (Å²) in [6.07, 6.45) is 11.9. The maximum atomic E-state index is 12.1. The van der Waals surface area contributed by atoms with E-state index in [-0.39, 0.29) is 0 Å². The number of nitrogens with one attached hydrogen (secondary N) is 1. The molecule has 20 heavy (non-hydrogen) atoms. The first-order valence-electron chi connectivity index (χ1n) is 7.77. The lowest BCUT2D eigenvalue weighted by atomic mass is 10.2. The predicted molar refractivity (Wildman–Crippen MR) is 83.7 cm³/mol. The summed E-state index contributed by atoms with van der Waals surface area (Å²) < 4.78 is 26.4. The van der Waals surface area contributed by atoms with E-state index in [0.717, 1.165) is 25.7 Å². The molecule has 0 aromatic heterocycles. The van der Waals surface area contributed by atoms with E-state index in [4.69, 9.17) is 0 Å². The minimum atomic E-state index is -3.22. The van der Waals surface area contributed by atoms with Crippen molar-refractivity contribution in [2.75, 3.05) is 0 Å². The summed E-state index contributed by atoms with van der Waals surface area (Å²) in [5, 5.41) is 0. The van der Waals surface area contributed by atoms with Crippen LogP contribution < -0.4 is 4.72 Å². The van der Waals surface area contributed by atoms with Crippen molar-refractivity contribution in [1.82, 2.24) is 4.72 Å². The first kappa shape index (κ1) is 15.6. The summed E-state index contributed by atoms with van der Waals surface area (Å²) in [6, 6.07) is 0. The van der Waals surface area contributed by atoms with Gasteiger partial charge in [0.2, 0.25) is 10.0 Å². The Kier molecular flexibility index (Phi) is 4.62. The Hall–Kier alpha value is -0.770. The van der Waals surface area contributed by atoms with Gasteiger partial charge in [-0.2, -0.15) is 0 Å². The highest BCUT2D eigenvalue weighted by Crippen LogP contribution is 2.46. The number of unbranched alkanes of at least 4 members (excludes halogenated alkanes) is 3. The lowest BCUT2D eigenvalue weighted by Gasteiger charge is -2.14. The Bertz CT molecular complexity index is 489. The summed E-state index contributed by atoms with van der Waals surface area (Å²) in [5.41, 5.74) is 0.682. The van der Waals surface area contributed by atoms with Crippen molar-refractivity contribution in [2.24, 2.45) is 11.8 Å². The van der Waals surface area contributed by atoms with Gasteiger partial charge in [-0.15, -0.1) is 0 Å². The molecule has 2 fully saturated rings. The number of rotatable bonds is 9. The highest BCUT2D eigenvalue weighted by atomic mass is 32.2. The average molecular weight is 297 g/mol. The Morgan fingerprint density at radius 3 is 2.70 bits per heavy atom. The molecule has 2 aliphatic rings. The third-order valence-corrected chi connectivity index (χ3v) is 6.75. The van der Waals surface area contributed by atoms with Crippen LogP contribution in [0, 0.1) is 11.8 Å². The zero-order valence-corrected chi connectivity index (χ0v) is 13.5. The standard InChI is InChI=1S/C16H27NO2S/c1-4-5-6-7-8-9-14-12-15(14)13(2)17-20(18,19)16(3)10-11-16/h8-9,14-15,17H,2,4-7,10-12H2,1,3H3/b9-8-. The van der Waals surface area contributed by atoms with Crippen molar-refractivity contribution < 1.29 is 8.42 Å². The van der Waals surface area contributed by atoms with Crippen LogP contribution in [0.15, 0.2) is 24.4 Å². The second-order valence-electron chi connectivity index (χ2n) is 6.51. The molecule has 0 aliphatic heterocycles. The van der Waals surface area contributed by atoms with E-state index in [2.05, 4.69) is 30.4 Å². The van der Waals surface area contributed by atoms with Gasteiger partial charge in [0.15, 0.2) is 0 Å². The van der Waals surface area contributed by atoms with Gasteiger partial charge in [-0.3, -0.25) is 4.72 Å². The average Bonchev–Trinajstić information content (AvgIpc) is 3.25. The zero-order chi connectivity index (χ0) is 14.8. The van der Waals surface area contributed by atoms with E-state index in [1.807, 2.05) is 0 Å². The van der Waals surface area contributed by atoms with Crippen LogP contribution in [0.25, 0.3) is 0 Å². The zero-order valence-electron chi connectivity index (χ0n) is 12.7. The van der Waals surface area contributed by atoms with Crippen LogP contribution in [0.4, 0.5) is 0 Å². The number of sulfonamides is 1. The van der Waals surface area contributed by atoms with E-state index in [1.165, 1.54) is 19.3 Å².